The first-order chi connectivity index (χ1) is 7.38. The zero-order valence-corrected chi connectivity index (χ0v) is 9.96. The van der Waals surface area contributed by atoms with Crippen LogP contribution in [0.4, 0.5) is 11.6 Å². The number of nitrogens with zero attached hydrogens (tertiary/aromatic N) is 2. The highest BCUT2D eigenvalue weighted by Crippen LogP contribution is 2.20. The van der Waals surface area contributed by atoms with Crippen molar-refractivity contribution in [1.82, 2.24) is 9.97 Å². The summed E-state index contributed by atoms with van der Waals surface area (Å²) in [5.74, 6) is 0.887. The lowest BCUT2D eigenvalue weighted by molar-refractivity contribution is -0.121. The van der Waals surface area contributed by atoms with Crippen molar-refractivity contribution in [3.8, 4) is 0 Å². The van der Waals surface area contributed by atoms with E-state index in [2.05, 4.69) is 20.6 Å². The summed E-state index contributed by atoms with van der Waals surface area (Å²) in [6.45, 7) is 5.27. The minimum absolute atomic E-state index is 0.434. The lowest BCUT2D eigenvalue weighted by Crippen LogP contribution is -2.45. The minimum Gasteiger partial charge on any atom is -0.373 e. The number of rotatable bonds is 4. The van der Waals surface area contributed by atoms with Crippen LogP contribution in [0, 0.1) is 6.92 Å². The Morgan fingerprint density at radius 2 is 1.94 bits per heavy atom. The summed E-state index contributed by atoms with van der Waals surface area (Å²) in [5.41, 5.74) is 5.28. The van der Waals surface area contributed by atoms with Crippen LogP contribution in [-0.2, 0) is 4.79 Å². The highest BCUT2D eigenvalue weighted by molar-refractivity contribution is 5.87. The summed E-state index contributed by atoms with van der Waals surface area (Å²) in [6, 6.07) is 0. The number of amides is 1. The van der Waals surface area contributed by atoms with Gasteiger partial charge in [-0.05, 0) is 20.8 Å². The summed E-state index contributed by atoms with van der Waals surface area (Å²) < 4.78 is 0. The molecule has 0 atom stereocenters. The summed E-state index contributed by atoms with van der Waals surface area (Å²) in [5, 5.41) is 5.94. The molecule has 0 spiro atoms. The molecule has 0 aliphatic rings. The molecule has 16 heavy (non-hydrogen) atoms. The molecule has 6 heteroatoms. The summed E-state index contributed by atoms with van der Waals surface area (Å²) >= 11 is 0. The zero-order chi connectivity index (χ0) is 12.3. The average molecular weight is 223 g/mol. The monoisotopic (exact) mass is 223 g/mol. The van der Waals surface area contributed by atoms with Crippen LogP contribution >= 0.6 is 0 Å². The van der Waals surface area contributed by atoms with E-state index in [0.717, 1.165) is 11.4 Å². The SMILES string of the molecule is CNc1ncnc(NC(C)(C)C(N)=O)c1C. The Balaban J connectivity index is 3.02. The molecule has 4 N–H and O–H groups in total. The van der Waals surface area contributed by atoms with Gasteiger partial charge in [-0.25, -0.2) is 9.97 Å². The van der Waals surface area contributed by atoms with E-state index < -0.39 is 11.4 Å². The largest absolute Gasteiger partial charge is 0.373 e. The van der Waals surface area contributed by atoms with E-state index in [1.54, 1.807) is 20.9 Å². The molecule has 1 rings (SSSR count). The molecule has 0 radical (unpaired) electrons. The van der Waals surface area contributed by atoms with Crippen molar-refractivity contribution < 1.29 is 4.79 Å². The number of nitrogens with one attached hydrogen (secondary N) is 2. The quantitative estimate of drug-likeness (QED) is 0.691. The van der Waals surface area contributed by atoms with Gasteiger partial charge in [-0.3, -0.25) is 4.79 Å². The van der Waals surface area contributed by atoms with Crippen molar-refractivity contribution in [2.75, 3.05) is 17.7 Å². The fourth-order valence-electron chi connectivity index (χ4n) is 1.19. The summed E-state index contributed by atoms with van der Waals surface area (Å²) in [7, 11) is 1.78. The third-order valence-electron chi connectivity index (χ3n) is 2.37. The maximum atomic E-state index is 11.2. The molecule has 1 aromatic heterocycles. The Labute approximate surface area is 94.7 Å². The van der Waals surface area contributed by atoms with Crippen LogP contribution in [0.15, 0.2) is 6.33 Å². The van der Waals surface area contributed by atoms with Gasteiger partial charge in [0.2, 0.25) is 5.91 Å². The van der Waals surface area contributed by atoms with E-state index in [1.165, 1.54) is 6.33 Å². The Bertz CT molecular complexity index is 402. The molecule has 1 heterocycles. The molecule has 0 unspecified atom stereocenters. The van der Waals surface area contributed by atoms with Crippen LogP contribution in [0.1, 0.15) is 19.4 Å². The second-order valence-electron chi connectivity index (χ2n) is 4.06. The van der Waals surface area contributed by atoms with Crippen LogP contribution in [-0.4, -0.2) is 28.5 Å². The van der Waals surface area contributed by atoms with Crippen molar-refractivity contribution in [2.24, 2.45) is 5.73 Å². The molecular formula is C10H17N5O. The Morgan fingerprint density at radius 3 is 2.44 bits per heavy atom. The van der Waals surface area contributed by atoms with Crippen LogP contribution in [0.5, 0.6) is 0 Å². The number of carbonyl (C=O) groups is 1. The normalized spacial score (nSPS) is 11.0. The van der Waals surface area contributed by atoms with E-state index in [9.17, 15) is 4.79 Å². The third kappa shape index (κ3) is 2.39. The van der Waals surface area contributed by atoms with Gasteiger partial charge in [0.1, 0.15) is 23.5 Å². The maximum absolute atomic E-state index is 11.2. The lowest BCUT2D eigenvalue weighted by Gasteiger charge is -2.24. The topological polar surface area (TPSA) is 92.9 Å². The van der Waals surface area contributed by atoms with Gasteiger partial charge in [0, 0.05) is 12.6 Å². The summed E-state index contributed by atoms with van der Waals surface area (Å²) in [6.07, 6.45) is 1.43. The highest BCUT2D eigenvalue weighted by Gasteiger charge is 2.25. The van der Waals surface area contributed by atoms with Crippen LogP contribution in [0.25, 0.3) is 0 Å². The molecule has 0 fully saturated rings. The van der Waals surface area contributed by atoms with E-state index >= 15 is 0 Å². The van der Waals surface area contributed by atoms with Crippen LogP contribution in [0.3, 0.4) is 0 Å². The van der Waals surface area contributed by atoms with Gasteiger partial charge in [0.05, 0.1) is 0 Å². The summed E-state index contributed by atoms with van der Waals surface area (Å²) in [4.78, 5) is 19.3. The van der Waals surface area contributed by atoms with Crippen LogP contribution < -0.4 is 16.4 Å². The van der Waals surface area contributed by atoms with Crippen molar-refractivity contribution in [2.45, 2.75) is 26.3 Å². The van der Waals surface area contributed by atoms with Gasteiger partial charge >= 0.3 is 0 Å². The molecule has 1 amide bonds. The number of aromatic nitrogens is 2. The van der Waals surface area contributed by atoms with E-state index in [0.29, 0.717) is 5.82 Å². The number of carbonyl (C=O) groups excluding carboxylic acids is 1. The number of nitrogens with two attached hydrogens (primary N) is 1. The van der Waals surface area contributed by atoms with Gasteiger partial charge in [-0.15, -0.1) is 0 Å². The number of primary amides is 1. The molecule has 0 saturated carbocycles. The van der Waals surface area contributed by atoms with E-state index in [-0.39, 0.29) is 0 Å². The van der Waals surface area contributed by atoms with Crippen molar-refractivity contribution in [3.63, 3.8) is 0 Å². The predicted molar refractivity (Wildman–Crippen MR) is 63.2 cm³/mol. The second-order valence-corrected chi connectivity index (χ2v) is 4.06. The Kier molecular flexibility index (Phi) is 3.31. The molecular weight excluding hydrogens is 206 g/mol. The number of hydrogen-bond donors (Lipinski definition) is 3. The van der Waals surface area contributed by atoms with Crippen LogP contribution in [0.2, 0.25) is 0 Å². The molecule has 88 valence electrons. The standard InChI is InChI=1S/C10H17N5O/c1-6-7(12-4)13-5-14-8(6)15-10(2,3)9(11)16/h5H,1-4H3,(H2,11,16)(H2,12,13,14,15). The Hall–Kier alpha value is -1.85. The molecule has 1 aromatic rings. The van der Waals surface area contributed by atoms with Gasteiger partial charge in [-0.2, -0.15) is 0 Å². The molecule has 6 nitrogen and oxygen atoms in total. The predicted octanol–water partition coefficient (Wildman–Crippen LogP) is 0.503. The molecule has 0 aliphatic carbocycles. The average Bonchev–Trinajstić information content (AvgIpc) is 2.20. The smallest absolute Gasteiger partial charge is 0.242 e. The van der Waals surface area contributed by atoms with Crippen molar-refractivity contribution in [1.29, 1.82) is 0 Å². The number of hydrogen-bond acceptors (Lipinski definition) is 5. The lowest BCUT2D eigenvalue weighted by atomic mass is 10.0. The first kappa shape index (κ1) is 12.2. The van der Waals surface area contributed by atoms with Gasteiger partial charge < -0.3 is 16.4 Å². The maximum Gasteiger partial charge on any atom is 0.242 e. The first-order valence-electron chi connectivity index (χ1n) is 4.96. The zero-order valence-electron chi connectivity index (χ0n) is 9.96. The van der Waals surface area contributed by atoms with E-state index in [1.807, 2.05) is 6.92 Å². The first-order valence-corrected chi connectivity index (χ1v) is 4.96. The molecule has 0 aromatic carbocycles. The third-order valence-corrected chi connectivity index (χ3v) is 2.37. The highest BCUT2D eigenvalue weighted by atomic mass is 16.1. The van der Waals surface area contributed by atoms with Gasteiger partial charge in [0.25, 0.3) is 0 Å². The van der Waals surface area contributed by atoms with Crippen molar-refractivity contribution >= 4 is 17.5 Å². The molecule has 0 bridgehead atoms. The second kappa shape index (κ2) is 4.34. The minimum atomic E-state index is -0.843. The van der Waals surface area contributed by atoms with Gasteiger partial charge in [-0.1, -0.05) is 0 Å². The number of anilines is 2. The fraction of sp³-hybridized carbons (Fsp3) is 0.500. The molecule has 0 saturated heterocycles. The van der Waals surface area contributed by atoms with Gasteiger partial charge in [0.15, 0.2) is 0 Å². The van der Waals surface area contributed by atoms with Crippen molar-refractivity contribution in [3.05, 3.63) is 11.9 Å². The Morgan fingerprint density at radius 1 is 1.38 bits per heavy atom. The molecule has 0 aliphatic heterocycles. The van der Waals surface area contributed by atoms with E-state index in [4.69, 9.17) is 5.73 Å². The fourth-order valence-corrected chi connectivity index (χ4v) is 1.19.